The van der Waals surface area contributed by atoms with Crippen LogP contribution in [0.3, 0.4) is 0 Å². The zero-order valence-corrected chi connectivity index (χ0v) is 10.9. The molecule has 0 spiro atoms. The van der Waals surface area contributed by atoms with Gasteiger partial charge in [0.25, 0.3) is 0 Å². The summed E-state index contributed by atoms with van der Waals surface area (Å²) in [7, 11) is 1.57. The van der Waals surface area contributed by atoms with E-state index in [1.807, 2.05) is 0 Å². The highest BCUT2D eigenvalue weighted by atomic mass is 17.2. The van der Waals surface area contributed by atoms with Gasteiger partial charge in [-0.1, -0.05) is 6.92 Å². The third-order valence-corrected chi connectivity index (χ3v) is 3.79. The van der Waals surface area contributed by atoms with Crippen LogP contribution in [-0.2, 0) is 19.2 Å². The molecule has 1 saturated carbocycles. The second-order valence-corrected chi connectivity index (χ2v) is 5.37. The van der Waals surface area contributed by atoms with Crippen molar-refractivity contribution in [2.45, 2.75) is 38.9 Å². The van der Waals surface area contributed by atoms with Crippen LogP contribution in [0, 0.1) is 17.8 Å². The normalized spacial score (nSPS) is 39.2. The topological polar surface area (TPSA) is 36.9 Å². The van der Waals surface area contributed by atoms with Gasteiger partial charge < -0.3 is 9.47 Å². The average molecular weight is 244 g/mol. The Balaban J connectivity index is 1.68. The molecule has 4 heteroatoms. The maximum Gasteiger partial charge on any atom is 0.160 e. The standard InChI is InChI=1S/C13H24O4/c1-10-7-15-13(16-8-10)12-5-3-11(4-6-12)9-17-14-2/h10-13H,3-9H2,1-2H3. The summed E-state index contributed by atoms with van der Waals surface area (Å²) in [6, 6.07) is 0. The summed E-state index contributed by atoms with van der Waals surface area (Å²) < 4.78 is 11.5. The summed E-state index contributed by atoms with van der Waals surface area (Å²) in [5.41, 5.74) is 0. The van der Waals surface area contributed by atoms with E-state index in [1.54, 1.807) is 7.11 Å². The quantitative estimate of drug-likeness (QED) is 0.562. The summed E-state index contributed by atoms with van der Waals surface area (Å²) in [4.78, 5) is 9.66. The maximum absolute atomic E-state index is 5.77. The molecule has 2 fully saturated rings. The minimum atomic E-state index is 0.0375. The molecule has 2 aliphatic rings. The average Bonchev–Trinajstić information content (AvgIpc) is 2.38. The SMILES string of the molecule is COOCC1CCC(C2OCC(C)CO2)CC1. The number of hydrogen-bond donors (Lipinski definition) is 0. The highest BCUT2D eigenvalue weighted by Gasteiger charge is 2.31. The van der Waals surface area contributed by atoms with Crippen LogP contribution >= 0.6 is 0 Å². The minimum Gasteiger partial charge on any atom is -0.352 e. The summed E-state index contributed by atoms with van der Waals surface area (Å²) in [6.07, 6.45) is 4.77. The van der Waals surface area contributed by atoms with Crippen molar-refractivity contribution in [2.24, 2.45) is 17.8 Å². The second kappa shape index (κ2) is 6.69. The second-order valence-electron chi connectivity index (χ2n) is 5.37. The smallest absolute Gasteiger partial charge is 0.160 e. The molecule has 2 rings (SSSR count). The minimum absolute atomic E-state index is 0.0375. The molecule has 0 atom stereocenters. The van der Waals surface area contributed by atoms with Crippen molar-refractivity contribution in [1.82, 2.24) is 0 Å². The van der Waals surface area contributed by atoms with Gasteiger partial charge >= 0.3 is 0 Å². The first-order chi connectivity index (χ1) is 8.29. The molecule has 100 valence electrons. The van der Waals surface area contributed by atoms with E-state index in [4.69, 9.17) is 14.4 Å². The van der Waals surface area contributed by atoms with E-state index < -0.39 is 0 Å². The summed E-state index contributed by atoms with van der Waals surface area (Å²) >= 11 is 0. The Morgan fingerprint density at radius 3 is 2.29 bits per heavy atom. The molecule has 0 N–H and O–H groups in total. The van der Waals surface area contributed by atoms with Gasteiger partial charge in [-0.25, -0.2) is 9.78 Å². The van der Waals surface area contributed by atoms with Crippen molar-refractivity contribution in [1.29, 1.82) is 0 Å². The van der Waals surface area contributed by atoms with Gasteiger partial charge in [-0.05, 0) is 31.6 Å². The zero-order chi connectivity index (χ0) is 12.1. The fourth-order valence-corrected chi connectivity index (χ4v) is 2.68. The zero-order valence-electron chi connectivity index (χ0n) is 10.9. The van der Waals surface area contributed by atoms with Crippen LogP contribution in [-0.4, -0.2) is 33.2 Å². The van der Waals surface area contributed by atoms with E-state index in [1.165, 1.54) is 25.7 Å². The molecule has 0 amide bonds. The molecule has 17 heavy (non-hydrogen) atoms. The Kier molecular flexibility index (Phi) is 5.22. The highest BCUT2D eigenvalue weighted by Crippen LogP contribution is 2.33. The molecule has 1 heterocycles. The molecule has 4 nitrogen and oxygen atoms in total. The summed E-state index contributed by atoms with van der Waals surface area (Å²) in [5.74, 6) is 1.74. The summed E-state index contributed by atoms with van der Waals surface area (Å²) in [5, 5.41) is 0. The van der Waals surface area contributed by atoms with Gasteiger partial charge in [0.2, 0.25) is 0 Å². The van der Waals surface area contributed by atoms with Gasteiger partial charge in [0.1, 0.15) is 0 Å². The molecule has 0 aromatic rings. The van der Waals surface area contributed by atoms with Crippen molar-refractivity contribution in [2.75, 3.05) is 26.9 Å². The third-order valence-electron chi connectivity index (χ3n) is 3.79. The summed E-state index contributed by atoms with van der Waals surface area (Å²) in [6.45, 7) is 4.57. The van der Waals surface area contributed by atoms with Crippen LogP contribution in [0.2, 0.25) is 0 Å². The molecule has 1 aliphatic carbocycles. The molecule has 0 radical (unpaired) electrons. The predicted molar refractivity (Wildman–Crippen MR) is 63.3 cm³/mol. The van der Waals surface area contributed by atoms with Crippen molar-refractivity contribution < 1.29 is 19.2 Å². The van der Waals surface area contributed by atoms with Crippen LogP contribution in [0.15, 0.2) is 0 Å². The van der Waals surface area contributed by atoms with E-state index in [0.29, 0.717) is 24.4 Å². The van der Waals surface area contributed by atoms with Crippen molar-refractivity contribution in [3.63, 3.8) is 0 Å². The van der Waals surface area contributed by atoms with E-state index >= 15 is 0 Å². The number of ether oxygens (including phenoxy) is 2. The van der Waals surface area contributed by atoms with E-state index in [-0.39, 0.29) is 6.29 Å². The third kappa shape index (κ3) is 3.91. The molecule has 0 aromatic heterocycles. The fraction of sp³-hybridized carbons (Fsp3) is 1.00. The van der Waals surface area contributed by atoms with E-state index in [2.05, 4.69) is 11.8 Å². The fourth-order valence-electron chi connectivity index (χ4n) is 2.68. The van der Waals surface area contributed by atoms with Gasteiger partial charge in [0.05, 0.1) is 26.9 Å². The first-order valence-electron chi connectivity index (χ1n) is 6.68. The van der Waals surface area contributed by atoms with Crippen molar-refractivity contribution in [3.8, 4) is 0 Å². The lowest BCUT2D eigenvalue weighted by Crippen LogP contribution is -2.38. The molecule has 0 bridgehead atoms. The van der Waals surface area contributed by atoms with Crippen LogP contribution in [0.25, 0.3) is 0 Å². The first-order valence-corrected chi connectivity index (χ1v) is 6.68. The van der Waals surface area contributed by atoms with Crippen molar-refractivity contribution >= 4 is 0 Å². The lowest BCUT2D eigenvalue weighted by molar-refractivity contribution is -0.282. The van der Waals surface area contributed by atoms with Gasteiger partial charge in [0, 0.05) is 11.8 Å². The Bertz CT molecular complexity index is 205. The van der Waals surface area contributed by atoms with Gasteiger partial charge in [-0.3, -0.25) is 0 Å². The van der Waals surface area contributed by atoms with Crippen LogP contribution in [0.5, 0.6) is 0 Å². The molecule has 0 aromatic carbocycles. The Morgan fingerprint density at radius 2 is 1.71 bits per heavy atom. The molecular formula is C13H24O4. The molecular weight excluding hydrogens is 220 g/mol. The first kappa shape index (κ1) is 13.3. The lowest BCUT2D eigenvalue weighted by Gasteiger charge is -2.36. The van der Waals surface area contributed by atoms with Crippen LogP contribution < -0.4 is 0 Å². The lowest BCUT2D eigenvalue weighted by atomic mass is 9.82. The van der Waals surface area contributed by atoms with Gasteiger partial charge in [0.15, 0.2) is 6.29 Å². The Hall–Kier alpha value is -0.160. The van der Waals surface area contributed by atoms with Crippen LogP contribution in [0.1, 0.15) is 32.6 Å². The predicted octanol–water partition coefficient (Wildman–Crippen LogP) is 2.38. The molecule has 1 aliphatic heterocycles. The van der Waals surface area contributed by atoms with Gasteiger partial charge in [-0.15, -0.1) is 0 Å². The van der Waals surface area contributed by atoms with Crippen molar-refractivity contribution in [3.05, 3.63) is 0 Å². The Morgan fingerprint density at radius 1 is 1.06 bits per heavy atom. The monoisotopic (exact) mass is 244 g/mol. The maximum atomic E-state index is 5.77. The van der Waals surface area contributed by atoms with E-state index in [9.17, 15) is 0 Å². The Labute approximate surface area is 103 Å². The molecule has 0 unspecified atom stereocenters. The number of rotatable bonds is 4. The molecule has 1 saturated heterocycles. The number of hydrogen-bond acceptors (Lipinski definition) is 4. The largest absolute Gasteiger partial charge is 0.352 e. The van der Waals surface area contributed by atoms with Crippen LogP contribution in [0.4, 0.5) is 0 Å². The highest BCUT2D eigenvalue weighted by molar-refractivity contribution is 4.76. The van der Waals surface area contributed by atoms with E-state index in [0.717, 1.165) is 13.2 Å². The van der Waals surface area contributed by atoms with Gasteiger partial charge in [-0.2, -0.15) is 0 Å².